The van der Waals surface area contributed by atoms with Crippen molar-refractivity contribution in [2.24, 2.45) is 5.41 Å². The molecule has 0 saturated carbocycles. The fourth-order valence-electron chi connectivity index (χ4n) is 3.18. The van der Waals surface area contributed by atoms with Crippen molar-refractivity contribution in [2.75, 3.05) is 13.1 Å². The Balaban J connectivity index is 1.78. The molecule has 1 atom stereocenters. The van der Waals surface area contributed by atoms with Crippen molar-refractivity contribution in [3.05, 3.63) is 21.4 Å². The zero-order chi connectivity index (χ0) is 14.3. The first-order valence-corrected chi connectivity index (χ1v) is 7.95. The standard InChI is InChI=1S/C15H19NO3S/c1-15(14(18)19)6-3-7-16(9-15)13(17)12-8-10-4-2-5-11(10)20-12/h8H,2-7,9H2,1H3,(H,18,19). The number of fused-ring (bicyclic) bond motifs is 1. The van der Waals surface area contributed by atoms with Gasteiger partial charge in [0.05, 0.1) is 10.3 Å². The minimum atomic E-state index is -0.802. The van der Waals surface area contributed by atoms with Gasteiger partial charge in [-0.1, -0.05) is 0 Å². The number of aliphatic carboxylic acids is 1. The van der Waals surface area contributed by atoms with Gasteiger partial charge in [0.1, 0.15) is 0 Å². The second-order valence-electron chi connectivity index (χ2n) is 6.11. The van der Waals surface area contributed by atoms with Gasteiger partial charge in [0.25, 0.3) is 5.91 Å². The molecular weight excluding hydrogens is 274 g/mol. The maximum atomic E-state index is 12.6. The highest BCUT2D eigenvalue weighted by atomic mass is 32.1. The number of nitrogens with zero attached hydrogens (tertiary/aromatic N) is 1. The van der Waals surface area contributed by atoms with Gasteiger partial charge in [0.15, 0.2) is 0 Å². The molecule has 4 nitrogen and oxygen atoms in total. The Bertz CT molecular complexity index is 544. The smallest absolute Gasteiger partial charge is 0.311 e. The molecule has 5 heteroatoms. The van der Waals surface area contributed by atoms with Crippen molar-refractivity contribution in [3.63, 3.8) is 0 Å². The van der Waals surface area contributed by atoms with Gasteiger partial charge in [-0.3, -0.25) is 9.59 Å². The van der Waals surface area contributed by atoms with E-state index in [1.807, 2.05) is 6.07 Å². The third-order valence-electron chi connectivity index (χ3n) is 4.46. The number of hydrogen-bond acceptors (Lipinski definition) is 3. The summed E-state index contributed by atoms with van der Waals surface area (Å²) in [6.45, 7) is 2.73. The molecule has 20 heavy (non-hydrogen) atoms. The Labute approximate surface area is 122 Å². The van der Waals surface area contributed by atoms with E-state index in [-0.39, 0.29) is 5.91 Å². The fraction of sp³-hybridized carbons (Fsp3) is 0.600. The summed E-state index contributed by atoms with van der Waals surface area (Å²) in [5, 5.41) is 9.33. The average Bonchev–Trinajstić information content (AvgIpc) is 2.98. The zero-order valence-corrected chi connectivity index (χ0v) is 12.5. The number of carboxylic acid groups (broad SMARTS) is 1. The zero-order valence-electron chi connectivity index (χ0n) is 11.6. The van der Waals surface area contributed by atoms with Crippen LogP contribution in [-0.2, 0) is 17.6 Å². The SMILES string of the molecule is CC1(C(=O)O)CCCN(C(=O)c2cc3c(s2)CCC3)C1. The van der Waals surface area contributed by atoms with Crippen molar-refractivity contribution in [2.45, 2.75) is 39.0 Å². The quantitative estimate of drug-likeness (QED) is 0.911. The average molecular weight is 293 g/mol. The van der Waals surface area contributed by atoms with E-state index in [1.165, 1.54) is 16.9 Å². The maximum Gasteiger partial charge on any atom is 0.311 e. The number of likely N-dealkylation sites (tertiary alicyclic amines) is 1. The highest BCUT2D eigenvalue weighted by molar-refractivity contribution is 7.14. The number of carbonyl (C=O) groups excluding carboxylic acids is 1. The van der Waals surface area contributed by atoms with Crippen molar-refractivity contribution < 1.29 is 14.7 Å². The molecule has 1 N–H and O–H groups in total. The van der Waals surface area contributed by atoms with E-state index in [1.54, 1.807) is 23.2 Å². The molecule has 1 aromatic rings. The second-order valence-corrected chi connectivity index (χ2v) is 7.25. The van der Waals surface area contributed by atoms with Gasteiger partial charge < -0.3 is 10.0 Å². The van der Waals surface area contributed by atoms with Gasteiger partial charge in [-0.15, -0.1) is 11.3 Å². The number of piperidine rings is 1. The van der Waals surface area contributed by atoms with Crippen LogP contribution in [0.1, 0.15) is 46.3 Å². The number of carboxylic acids is 1. The molecule has 1 unspecified atom stereocenters. The lowest BCUT2D eigenvalue weighted by atomic mass is 9.82. The van der Waals surface area contributed by atoms with Crippen LogP contribution in [0.25, 0.3) is 0 Å². The van der Waals surface area contributed by atoms with Gasteiger partial charge in [0, 0.05) is 18.0 Å². The van der Waals surface area contributed by atoms with Crippen molar-refractivity contribution >= 4 is 23.2 Å². The molecule has 1 saturated heterocycles. The molecule has 1 aliphatic carbocycles. The van der Waals surface area contributed by atoms with E-state index >= 15 is 0 Å². The lowest BCUT2D eigenvalue weighted by Gasteiger charge is -2.37. The summed E-state index contributed by atoms with van der Waals surface area (Å²) in [4.78, 5) is 27.8. The van der Waals surface area contributed by atoms with Gasteiger partial charge in [-0.25, -0.2) is 0 Å². The third-order valence-corrected chi connectivity index (χ3v) is 5.68. The van der Waals surface area contributed by atoms with E-state index in [9.17, 15) is 14.7 Å². The minimum absolute atomic E-state index is 0.0107. The molecule has 0 bridgehead atoms. The van der Waals surface area contributed by atoms with E-state index in [0.717, 1.165) is 24.1 Å². The van der Waals surface area contributed by atoms with Crippen LogP contribution >= 0.6 is 11.3 Å². The largest absolute Gasteiger partial charge is 0.481 e. The van der Waals surface area contributed by atoms with Crippen LogP contribution in [0.3, 0.4) is 0 Å². The predicted molar refractivity (Wildman–Crippen MR) is 77.2 cm³/mol. The van der Waals surface area contributed by atoms with Gasteiger partial charge in [0.2, 0.25) is 0 Å². The lowest BCUT2D eigenvalue weighted by molar-refractivity contribution is -0.150. The lowest BCUT2D eigenvalue weighted by Crippen LogP contribution is -2.48. The molecular formula is C15H19NO3S. The number of aryl methyl sites for hydroxylation is 2. The van der Waals surface area contributed by atoms with Gasteiger partial charge in [-0.2, -0.15) is 0 Å². The predicted octanol–water partition coefficient (Wildman–Crippen LogP) is 2.56. The van der Waals surface area contributed by atoms with E-state index < -0.39 is 11.4 Å². The van der Waals surface area contributed by atoms with E-state index in [2.05, 4.69) is 0 Å². The van der Waals surface area contributed by atoms with Crippen molar-refractivity contribution in [3.8, 4) is 0 Å². The number of rotatable bonds is 2. The number of carbonyl (C=O) groups is 2. The summed E-state index contributed by atoms with van der Waals surface area (Å²) >= 11 is 1.59. The Kier molecular flexibility index (Phi) is 3.32. The molecule has 1 amide bonds. The fourth-order valence-corrected chi connectivity index (χ4v) is 4.40. The first-order valence-electron chi connectivity index (χ1n) is 7.14. The molecule has 1 fully saturated rings. The first-order chi connectivity index (χ1) is 9.49. The van der Waals surface area contributed by atoms with Crippen molar-refractivity contribution in [1.29, 1.82) is 0 Å². The number of hydrogen-bond donors (Lipinski definition) is 1. The molecule has 1 aromatic heterocycles. The monoisotopic (exact) mass is 293 g/mol. The topological polar surface area (TPSA) is 57.6 Å². The van der Waals surface area contributed by atoms with Gasteiger partial charge in [-0.05, 0) is 50.7 Å². The molecule has 0 spiro atoms. The summed E-state index contributed by atoms with van der Waals surface area (Å²) in [6, 6.07) is 2.02. The van der Waals surface area contributed by atoms with Crippen molar-refractivity contribution in [1.82, 2.24) is 4.90 Å². The summed E-state index contributed by atoms with van der Waals surface area (Å²) < 4.78 is 0. The molecule has 3 rings (SSSR count). The van der Waals surface area contributed by atoms with Crippen LogP contribution in [0.5, 0.6) is 0 Å². The highest BCUT2D eigenvalue weighted by Crippen LogP contribution is 2.34. The summed E-state index contributed by atoms with van der Waals surface area (Å²) in [5.41, 5.74) is 0.518. The molecule has 1 aliphatic heterocycles. The Morgan fingerprint density at radius 1 is 1.35 bits per heavy atom. The molecule has 0 aromatic carbocycles. The maximum absolute atomic E-state index is 12.6. The summed E-state index contributed by atoms with van der Waals surface area (Å²) in [7, 11) is 0. The van der Waals surface area contributed by atoms with E-state index in [4.69, 9.17) is 0 Å². The highest BCUT2D eigenvalue weighted by Gasteiger charge is 2.39. The Morgan fingerprint density at radius 3 is 2.85 bits per heavy atom. The van der Waals surface area contributed by atoms with Crippen LogP contribution in [-0.4, -0.2) is 35.0 Å². The van der Waals surface area contributed by atoms with E-state index in [0.29, 0.717) is 19.5 Å². The van der Waals surface area contributed by atoms with Crippen LogP contribution in [0.15, 0.2) is 6.07 Å². The second kappa shape index (κ2) is 4.88. The summed E-state index contributed by atoms with van der Waals surface area (Å²) in [6.07, 6.45) is 4.76. The Hall–Kier alpha value is -1.36. The molecule has 108 valence electrons. The minimum Gasteiger partial charge on any atom is -0.481 e. The molecule has 2 heterocycles. The number of thiophene rings is 1. The third kappa shape index (κ3) is 2.24. The summed E-state index contributed by atoms with van der Waals surface area (Å²) in [5.74, 6) is -0.791. The van der Waals surface area contributed by atoms with Crippen LogP contribution in [0.4, 0.5) is 0 Å². The van der Waals surface area contributed by atoms with Crippen LogP contribution in [0, 0.1) is 5.41 Å². The van der Waals surface area contributed by atoms with Crippen LogP contribution in [0.2, 0.25) is 0 Å². The van der Waals surface area contributed by atoms with Crippen LogP contribution < -0.4 is 0 Å². The van der Waals surface area contributed by atoms with Gasteiger partial charge >= 0.3 is 5.97 Å². The first kappa shape index (κ1) is 13.6. The molecule has 0 radical (unpaired) electrons. The normalized spacial score (nSPS) is 25.6. The Morgan fingerprint density at radius 2 is 2.15 bits per heavy atom. The molecule has 2 aliphatic rings. The number of amides is 1.